The molecular weight excluding hydrogens is 256 g/mol. The van der Waals surface area contributed by atoms with Crippen LogP contribution in [-0.2, 0) is 0 Å². The maximum absolute atomic E-state index is 9.50. The highest BCUT2D eigenvalue weighted by Crippen LogP contribution is 2.54. The van der Waals surface area contributed by atoms with Gasteiger partial charge in [0.1, 0.15) is 11.2 Å². The van der Waals surface area contributed by atoms with E-state index in [1.165, 1.54) is 6.34 Å². The number of hydrogen-bond donors (Lipinski definition) is 3. The second-order valence-corrected chi connectivity index (χ2v) is 5.14. The van der Waals surface area contributed by atoms with Crippen LogP contribution in [-0.4, -0.2) is 15.4 Å². The van der Waals surface area contributed by atoms with E-state index >= 15 is 0 Å². The van der Waals surface area contributed by atoms with Crippen molar-refractivity contribution < 1.29 is 9.11 Å². The van der Waals surface area contributed by atoms with Gasteiger partial charge >= 0.3 is 0 Å². The summed E-state index contributed by atoms with van der Waals surface area (Å²) in [6, 6.07) is 5.16. The Bertz CT molecular complexity index is 381. The smallest absolute Gasteiger partial charge is 0.113 e. The maximum atomic E-state index is 9.50. The van der Waals surface area contributed by atoms with Crippen molar-refractivity contribution in [2.24, 2.45) is 4.40 Å². The number of benzene rings is 1. The first-order chi connectivity index (χ1) is 6.09. The van der Waals surface area contributed by atoms with Crippen LogP contribution in [0.25, 0.3) is 0 Å². The van der Waals surface area contributed by atoms with Gasteiger partial charge in [0.25, 0.3) is 0 Å². The Morgan fingerprint density at radius 2 is 2.15 bits per heavy atom. The Hall–Kier alpha value is -0.560. The zero-order valence-electron chi connectivity index (χ0n) is 6.44. The summed E-state index contributed by atoms with van der Waals surface area (Å²) in [6.07, 6.45) is 1.30. The highest BCUT2D eigenvalue weighted by atomic mass is 79.9. The molecule has 0 radical (unpaired) electrons. The molecule has 4 nitrogen and oxygen atoms in total. The molecule has 2 rings (SSSR count). The van der Waals surface area contributed by atoms with Crippen molar-refractivity contribution in [2.75, 3.05) is 5.32 Å². The van der Waals surface area contributed by atoms with Gasteiger partial charge in [0, 0.05) is 4.47 Å². The molecule has 0 fully saturated rings. The second kappa shape index (κ2) is 2.98. The Balaban J connectivity index is 2.58. The third kappa shape index (κ3) is 1.58. The Morgan fingerprint density at radius 3 is 2.92 bits per heavy atom. The van der Waals surface area contributed by atoms with Crippen molar-refractivity contribution in [1.82, 2.24) is 0 Å². The number of halogens is 1. The number of fused-ring (bicyclic) bond motifs is 1. The monoisotopic (exact) mass is 262 g/mol. The van der Waals surface area contributed by atoms with Crippen molar-refractivity contribution in [2.45, 2.75) is 4.90 Å². The van der Waals surface area contributed by atoms with E-state index in [1.807, 2.05) is 0 Å². The van der Waals surface area contributed by atoms with Crippen LogP contribution in [0, 0.1) is 0 Å². The van der Waals surface area contributed by atoms with Crippen LogP contribution in [0.1, 0.15) is 0 Å². The van der Waals surface area contributed by atoms with Crippen LogP contribution in [0.4, 0.5) is 5.69 Å². The molecule has 1 heterocycles. The lowest BCUT2D eigenvalue weighted by Gasteiger charge is -2.31. The number of nitrogens with zero attached hydrogens (tertiary/aromatic N) is 1. The minimum atomic E-state index is -2.97. The number of hydrogen-bond acceptors (Lipinski definition) is 4. The topological polar surface area (TPSA) is 64.8 Å². The zero-order chi connectivity index (χ0) is 9.47. The van der Waals surface area contributed by atoms with Crippen LogP contribution in [0.3, 0.4) is 0 Å². The molecule has 70 valence electrons. The summed E-state index contributed by atoms with van der Waals surface area (Å²) in [7, 11) is -2.97. The van der Waals surface area contributed by atoms with Crippen LogP contribution in [0.15, 0.2) is 32.0 Å². The molecule has 13 heavy (non-hydrogen) atoms. The first kappa shape index (κ1) is 9.01. The summed E-state index contributed by atoms with van der Waals surface area (Å²) in [5.74, 6) is 0. The Morgan fingerprint density at radius 1 is 1.38 bits per heavy atom. The highest BCUT2D eigenvalue weighted by Gasteiger charge is 2.21. The molecule has 6 heteroatoms. The van der Waals surface area contributed by atoms with E-state index in [4.69, 9.17) is 0 Å². The predicted octanol–water partition coefficient (Wildman–Crippen LogP) is 2.93. The largest absolute Gasteiger partial charge is 0.343 e. The maximum Gasteiger partial charge on any atom is 0.113 e. The fraction of sp³-hybridized carbons (Fsp3) is 0. The predicted molar refractivity (Wildman–Crippen MR) is 57.4 cm³/mol. The molecular formula is C7H7BrN2O2S. The molecule has 0 aliphatic carbocycles. The summed E-state index contributed by atoms with van der Waals surface area (Å²) < 4.78 is 23.5. The minimum Gasteiger partial charge on any atom is -0.343 e. The van der Waals surface area contributed by atoms with E-state index in [0.29, 0.717) is 10.6 Å². The van der Waals surface area contributed by atoms with E-state index in [-0.39, 0.29) is 0 Å². The molecule has 3 N–H and O–H groups in total. The number of anilines is 1. The number of nitrogens with one attached hydrogen (secondary N) is 1. The van der Waals surface area contributed by atoms with Gasteiger partial charge in [-0.25, -0.2) is 0 Å². The van der Waals surface area contributed by atoms with Gasteiger partial charge in [-0.2, -0.15) is 0 Å². The normalized spacial score (nSPS) is 20.2. The van der Waals surface area contributed by atoms with Crippen molar-refractivity contribution in [3.05, 3.63) is 22.7 Å². The van der Waals surface area contributed by atoms with Gasteiger partial charge in [-0.1, -0.05) is 26.7 Å². The summed E-state index contributed by atoms with van der Waals surface area (Å²) in [6.45, 7) is 0. The lowest BCUT2D eigenvalue weighted by Crippen LogP contribution is -2.09. The molecule has 0 saturated carbocycles. The minimum absolute atomic E-state index is 0.429. The molecule has 0 unspecified atom stereocenters. The fourth-order valence-corrected chi connectivity index (χ4v) is 2.42. The molecule has 1 aliphatic rings. The summed E-state index contributed by atoms with van der Waals surface area (Å²) in [5.41, 5.74) is 0.671. The standard InChI is InChI=1S/C7H7BrN2O2S/c8-5-1-2-7-6(3-5)9-4-10-13(7,11)12/h1-4,11-12H,(H,9,10). The first-order valence-electron chi connectivity index (χ1n) is 3.48. The molecule has 0 saturated heterocycles. The number of rotatable bonds is 0. The second-order valence-electron chi connectivity index (χ2n) is 2.54. The van der Waals surface area contributed by atoms with Gasteiger partial charge in [-0.15, -0.1) is 4.40 Å². The van der Waals surface area contributed by atoms with Gasteiger partial charge in [0.2, 0.25) is 0 Å². The Kier molecular flexibility index (Phi) is 2.07. The van der Waals surface area contributed by atoms with E-state index in [1.54, 1.807) is 18.2 Å². The molecule has 0 atom stereocenters. The van der Waals surface area contributed by atoms with E-state index in [2.05, 4.69) is 25.6 Å². The first-order valence-corrected chi connectivity index (χ1v) is 5.77. The van der Waals surface area contributed by atoms with Crippen LogP contribution >= 0.6 is 26.7 Å². The summed E-state index contributed by atoms with van der Waals surface area (Å²) in [4.78, 5) is 0.429. The average molecular weight is 263 g/mol. The van der Waals surface area contributed by atoms with Crippen molar-refractivity contribution in [3.63, 3.8) is 0 Å². The summed E-state index contributed by atoms with van der Waals surface area (Å²) in [5, 5.41) is 2.84. The van der Waals surface area contributed by atoms with Gasteiger partial charge in [0.15, 0.2) is 0 Å². The molecule has 1 aliphatic heterocycles. The van der Waals surface area contributed by atoms with Crippen molar-refractivity contribution in [3.8, 4) is 0 Å². The highest BCUT2D eigenvalue weighted by molar-refractivity contribution is 9.10. The molecule has 1 aromatic carbocycles. The van der Waals surface area contributed by atoms with Crippen LogP contribution in [0.5, 0.6) is 0 Å². The van der Waals surface area contributed by atoms with Gasteiger partial charge in [0.05, 0.1) is 5.69 Å². The van der Waals surface area contributed by atoms with E-state index < -0.39 is 10.8 Å². The summed E-state index contributed by atoms with van der Waals surface area (Å²) >= 11 is 3.29. The quantitative estimate of drug-likeness (QED) is 0.674. The molecule has 0 spiro atoms. The molecule has 0 bridgehead atoms. The van der Waals surface area contributed by atoms with Crippen LogP contribution in [0.2, 0.25) is 0 Å². The third-order valence-corrected chi connectivity index (χ3v) is 3.50. The zero-order valence-corrected chi connectivity index (χ0v) is 8.84. The van der Waals surface area contributed by atoms with E-state index in [0.717, 1.165) is 4.47 Å². The SMILES string of the molecule is OS1(O)N=CNc2cc(Br)ccc21. The van der Waals surface area contributed by atoms with Crippen LogP contribution < -0.4 is 5.32 Å². The lowest BCUT2D eigenvalue weighted by atomic mass is 10.3. The lowest BCUT2D eigenvalue weighted by molar-refractivity contribution is 0.489. The van der Waals surface area contributed by atoms with E-state index in [9.17, 15) is 9.11 Å². The van der Waals surface area contributed by atoms with Gasteiger partial charge in [-0.05, 0) is 18.2 Å². The molecule has 1 aromatic rings. The fourth-order valence-electron chi connectivity index (χ4n) is 1.08. The van der Waals surface area contributed by atoms with Crippen molar-refractivity contribution in [1.29, 1.82) is 0 Å². The van der Waals surface area contributed by atoms with Gasteiger partial charge in [-0.3, -0.25) is 9.11 Å². The van der Waals surface area contributed by atoms with Crippen molar-refractivity contribution >= 4 is 38.7 Å². The molecule has 0 amide bonds. The van der Waals surface area contributed by atoms with Gasteiger partial charge < -0.3 is 5.32 Å². The Labute approximate surface area is 85.3 Å². The molecule has 0 aromatic heterocycles. The third-order valence-electron chi connectivity index (χ3n) is 1.66. The average Bonchev–Trinajstić information content (AvgIpc) is 2.02.